The molecule has 7 heteroatoms. The molecular weight excluding hydrogens is 366 g/mol. The fourth-order valence-corrected chi connectivity index (χ4v) is 3.29. The number of benzene rings is 2. The summed E-state index contributed by atoms with van der Waals surface area (Å²) in [5.41, 5.74) is 3.32. The molecule has 27 heavy (non-hydrogen) atoms. The van der Waals surface area contributed by atoms with Gasteiger partial charge in [0.15, 0.2) is 16.4 Å². The number of carbonyl (C=O) groups excluding carboxylic acids is 2. The van der Waals surface area contributed by atoms with Crippen molar-refractivity contribution in [2.24, 2.45) is 0 Å². The van der Waals surface area contributed by atoms with Gasteiger partial charge in [0.2, 0.25) is 0 Å². The van der Waals surface area contributed by atoms with E-state index in [0.29, 0.717) is 5.56 Å². The van der Waals surface area contributed by atoms with E-state index in [9.17, 15) is 18.0 Å². The Morgan fingerprint density at radius 3 is 2.41 bits per heavy atom. The third-order valence-corrected chi connectivity index (χ3v) is 5.31. The summed E-state index contributed by atoms with van der Waals surface area (Å²) in [6, 6.07) is 9.96. The molecule has 144 valence electrons. The average Bonchev–Trinajstić information content (AvgIpc) is 2.60. The van der Waals surface area contributed by atoms with Gasteiger partial charge in [-0.05, 0) is 49.1 Å². The van der Waals surface area contributed by atoms with E-state index < -0.39 is 28.3 Å². The molecule has 0 aliphatic carbocycles. The fourth-order valence-electron chi connectivity index (χ4n) is 2.64. The second-order valence-electron chi connectivity index (χ2n) is 6.34. The number of aryl methyl sites for hydroxylation is 3. The topological polar surface area (TPSA) is 89.5 Å². The molecule has 0 saturated heterocycles. The highest BCUT2D eigenvalue weighted by molar-refractivity contribution is 7.90. The average molecular weight is 389 g/mol. The van der Waals surface area contributed by atoms with Gasteiger partial charge in [0.1, 0.15) is 0 Å². The van der Waals surface area contributed by atoms with Crippen molar-refractivity contribution in [1.29, 1.82) is 0 Å². The van der Waals surface area contributed by atoms with Gasteiger partial charge >= 0.3 is 5.97 Å². The number of para-hydroxylation sites is 1. The zero-order valence-corrected chi connectivity index (χ0v) is 16.6. The monoisotopic (exact) mass is 389 g/mol. The Labute approximate surface area is 159 Å². The summed E-state index contributed by atoms with van der Waals surface area (Å²) in [4.78, 5) is 24.5. The zero-order chi connectivity index (χ0) is 20.2. The minimum Gasteiger partial charge on any atom is -0.452 e. The van der Waals surface area contributed by atoms with E-state index in [4.69, 9.17) is 4.74 Å². The lowest BCUT2D eigenvalue weighted by Gasteiger charge is -2.13. The van der Waals surface area contributed by atoms with Gasteiger partial charge in [0, 0.05) is 11.9 Å². The van der Waals surface area contributed by atoms with Crippen molar-refractivity contribution in [1.82, 2.24) is 0 Å². The molecule has 6 nitrogen and oxygen atoms in total. The van der Waals surface area contributed by atoms with Crippen LogP contribution in [0.3, 0.4) is 0 Å². The Hall–Kier alpha value is -2.67. The standard InChI is InChI=1S/C20H23NO5S/c1-5-15-8-6-7-14(3)19(15)21-18(22)12-26-20(23)17-11-16(27(4,24)25)10-9-13(17)2/h6-11H,5,12H2,1-4H3,(H,21,22). The van der Waals surface area contributed by atoms with Gasteiger partial charge in [0.05, 0.1) is 10.5 Å². The Balaban J connectivity index is 2.09. The predicted molar refractivity (Wildman–Crippen MR) is 104 cm³/mol. The number of nitrogens with one attached hydrogen (secondary N) is 1. The van der Waals surface area contributed by atoms with Crippen molar-refractivity contribution in [3.8, 4) is 0 Å². The molecular formula is C20H23NO5S. The molecule has 0 saturated carbocycles. The molecule has 2 aromatic carbocycles. The molecule has 0 fully saturated rings. The maximum absolute atomic E-state index is 12.3. The van der Waals surface area contributed by atoms with Crippen LogP contribution < -0.4 is 5.32 Å². The second-order valence-corrected chi connectivity index (χ2v) is 8.35. The maximum atomic E-state index is 12.3. The van der Waals surface area contributed by atoms with Crippen LogP contribution in [-0.4, -0.2) is 33.2 Å². The van der Waals surface area contributed by atoms with Crippen molar-refractivity contribution in [3.63, 3.8) is 0 Å². The summed E-state index contributed by atoms with van der Waals surface area (Å²) in [6.45, 7) is 5.09. The van der Waals surface area contributed by atoms with Gasteiger partial charge in [-0.1, -0.05) is 31.2 Å². The molecule has 2 aromatic rings. The number of rotatable bonds is 6. The lowest BCUT2D eigenvalue weighted by Crippen LogP contribution is -2.22. The number of amides is 1. The fraction of sp³-hybridized carbons (Fsp3) is 0.300. The first-order valence-electron chi connectivity index (χ1n) is 8.49. The molecule has 0 spiro atoms. The van der Waals surface area contributed by atoms with E-state index in [1.807, 2.05) is 32.0 Å². The minimum atomic E-state index is -3.45. The molecule has 0 aromatic heterocycles. The van der Waals surface area contributed by atoms with Crippen LogP contribution in [-0.2, 0) is 25.8 Å². The van der Waals surface area contributed by atoms with Crippen LogP contribution in [0.15, 0.2) is 41.3 Å². The lowest BCUT2D eigenvalue weighted by atomic mass is 10.1. The summed E-state index contributed by atoms with van der Waals surface area (Å²) in [6.07, 6.45) is 1.82. The van der Waals surface area contributed by atoms with Crippen molar-refractivity contribution in [2.45, 2.75) is 32.1 Å². The molecule has 1 amide bonds. The molecule has 0 atom stereocenters. The SMILES string of the molecule is CCc1cccc(C)c1NC(=O)COC(=O)c1cc(S(C)(=O)=O)ccc1C. The van der Waals surface area contributed by atoms with E-state index in [1.165, 1.54) is 18.2 Å². The highest BCUT2D eigenvalue weighted by Crippen LogP contribution is 2.21. The van der Waals surface area contributed by atoms with E-state index in [0.717, 1.165) is 29.5 Å². The number of ether oxygens (including phenoxy) is 1. The molecule has 2 rings (SSSR count). The van der Waals surface area contributed by atoms with Gasteiger partial charge in [-0.3, -0.25) is 4.79 Å². The van der Waals surface area contributed by atoms with E-state index >= 15 is 0 Å². The number of esters is 1. The number of sulfone groups is 1. The maximum Gasteiger partial charge on any atom is 0.338 e. The highest BCUT2D eigenvalue weighted by Gasteiger charge is 2.17. The zero-order valence-electron chi connectivity index (χ0n) is 15.8. The van der Waals surface area contributed by atoms with Crippen LogP contribution in [0.5, 0.6) is 0 Å². The van der Waals surface area contributed by atoms with Gasteiger partial charge in [-0.2, -0.15) is 0 Å². The summed E-state index contributed by atoms with van der Waals surface area (Å²) >= 11 is 0. The summed E-state index contributed by atoms with van der Waals surface area (Å²) in [5, 5.41) is 2.77. The van der Waals surface area contributed by atoms with Crippen LogP contribution in [0.2, 0.25) is 0 Å². The van der Waals surface area contributed by atoms with Crippen LogP contribution in [0, 0.1) is 13.8 Å². The van der Waals surface area contributed by atoms with Crippen molar-refractivity contribution in [2.75, 3.05) is 18.2 Å². The molecule has 0 heterocycles. The lowest BCUT2D eigenvalue weighted by molar-refractivity contribution is -0.119. The molecule has 1 N–H and O–H groups in total. The summed E-state index contributed by atoms with van der Waals surface area (Å²) < 4.78 is 28.4. The van der Waals surface area contributed by atoms with Crippen LogP contribution in [0.1, 0.15) is 34.0 Å². The second kappa shape index (κ2) is 8.35. The quantitative estimate of drug-likeness (QED) is 0.767. The Morgan fingerprint density at radius 2 is 1.78 bits per heavy atom. The largest absolute Gasteiger partial charge is 0.452 e. The Morgan fingerprint density at radius 1 is 1.07 bits per heavy atom. The molecule has 0 aliphatic rings. The van der Waals surface area contributed by atoms with Crippen molar-refractivity contribution in [3.05, 3.63) is 58.7 Å². The van der Waals surface area contributed by atoms with E-state index in [-0.39, 0.29) is 10.5 Å². The predicted octanol–water partition coefficient (Wildman–Crippen LogP) is 3.06. The first kappa shape index (κ1) is 20.6. The van der Waals surface area contributed by atoms with Gasteiger partial charge in [-0.25, -0.2) is 13.2 Å². The van der Waals surface area contributed by atoms with Gasteiger partial charge in [-0.15, -0.1) is 0 Å². The molecule has 0 radical (unpaired) electrons. The van der Waals surface area contributed by atoms with Gasteiger partial charge in [0.25, 0.3) is 5.91 Å². The third-order valence-electron chi connectivity index (χ3n) is 4.20. The normalized spacial score (nSPS) is 11.1. The number of anilines is 1. The van der Waals surface area contributed by atoms with Crippen molar-refractivity contribution >= 4 is 27.4 Å². The summed E-state index contributed by atoms with van der Waals surface area (Å²) in [5.74, 6) is -1.20. The van der Waals surface area contributed by atoms with E-state index in [1.54, 1.807) is 6.92 Å². The first-order chi connectivity index (χ1) is 12.6. The summed E-state index contributed by atoms with van der Waals surface area (Å²) in [7, 11) is -3.45. The first-order valence-corrected chi connectivity index (χ1v) is 10.4. The van der Waals surface area contributed by atoms with Crippen LogP contribution >= 0.6 is 0 Å². The molecule has 0 aliphatic heterocycles. The Kier molecular flexibility index (Phi) is 6.38. The van der Waals surface area contributed by atoms with Crippen molar-refractivity contribution < 1.29 is 22.7 Å². The van der Waals surface area contributed by atoms with Crippen LogP contribution in [0.4, 0.5) is 5.69 Å². The minimum absolute atomic E-state index is 0.0250. The molecule has 0 unspecified atom stereocenters. The van der Waals surface area contributed by atoms with E-state index in [2.05, 4.69) is 5.32 Å². The smallest absolute Gasteiger partial charge is 0.338 e. The third kappa shape index (κ3) is 5.17. The van der Waals surface area contributed by atoms with Gasteiger partial charge < -0.3 is 10.1 Å². The van der Waals surface area contributed by atoms with Crippen LogP contribution in [0.25, 0.3) is 0 Å². The Bertz CT molecular complexity index is 980. The highest BCUT2D eigenvalue weighted by atomic mass is 32.2. The number of hydrogen-bond acceptors (Lipinski definition) is 5. The number of carbonyl (C=O) groups is 2. The molecule has 0 bridgehead atoms. The number of hydrogen-bond donors (Lipinski definition) is 1.